The van der Waals surface area contributed by atoms with Gasteiger partial charge in [0, 0.05) is 24.1 Å². The van der Waals surface area contributed by atoms with E-state index in [2.05, 4.69) is 25.1 Å². The summed E-state index contributed by atoms with van der Waals surface area (Å²) in [5.41, 5.74) is 0.923. The zero-order valence-corrected chi connectivity index (χ0v) is 16.7. The van der Waals surface area contributed by atoms with Crippen molar-refractivity contribution in [2.75, 3.05) is 5.32 Å². The summed E-state index contributed by atoms with van der Waals surface area (Å²) in [4.78, 5) is 15.6. The normalized spacial score (nSPS) is 15.1. The number of nitrogens with zero attached hydrogens (tertiary/aromatic N) is 4. The number of rotatable bonds is 6. The fraction of sp³-hybridized carbons (Fsp3) is 0.444. The molecule has 0 aliphatic heterocycles. The van der Waals surface area contributed by atoms with Crippen LogP contribution in [0.4, 0.5) is 5.13 Å². The van der Waals surface area contributed by atoms with Crippen molar-refractivity contribution in [2.24, 2.45) is 0 Å². The molecule has 9 heteroatoms. The van der Waals surface area contributed by atoms with Crippen molar-refractivity contribution in [3.8, 4) is 11.6 Å². The number of thiazole rings is 1. The van der Waals surface area contributed by atoms with Gasteiger partial charge in [-0.3, -0.25) is 9.36 Å². The largest absolute Gasteiger partial charge is 0.461 e. The van der Waals surface area contributed by atoms with Crippen molar-refractivity contribution in [1.82, 2.24) is 19.7 Å². The highest BCUT2D eigenvalue weighted by atomic mass is 32.2. The van der Waals surface area contributed by atoms with E-state index >= 15 is 0 Å². The number of furan rings is 1. The van der Waals surface area contributed by atoms with Crippen LogP contribution in [0, 0.1) is 0 Å². The van der Waals surface area contributed by atoms with E-state index in [4.69, 9.17) is 4.42 Å². The van der Waals surface area contributed by atoms with Gasteiger partial charge in [0.1, 0.15) is 0 Å². The maximum Gasteiger partial charge on any atom is 0.223 e. The molecule has 1 amide bonds. The van der Waals surface area contributed by atoms with Crippen molar-refractivity contribution < 1.29 is 9.21 Å². The lowest BCUT2D eigenvalue weighted by Crippen LogP contribution is -2.15. The Bertz CT molecular complexity index is 897. The Morgan fingerprint density at radius 3 is 2.96 bits per heavy atom. The van der Waals surface area contributed by atoms with Gasteiger partial charge in [-0.1, -0.05) is 31.0 Å². The number of hydrogen-bond acceptors (Lipinski definition) is 7. The number of anilines is 1. The second-order valence-electron chi connectivity index (χ2n) is 6.56. The maximum absolute atomic E-state index is 11.2. The SMILES string of the molecule is CC(=O)Nc1nc(CSc2nnc(-c3ccco3)n2C2CCCCC2)cs1. The van der Waals surface area contributed by atoms with E-state index in [9.17, 15) is 4.79 Å². The molecule has 0 bridgehead atoms. The van der Waals surface area contributed by atoms with E-state index in [1.54, 1.807) is 18.0 Å². The number of carbonyl (C=O) groups excluding carboxylic acids is 1. The van der Waals surface area contributed by atoms with Crippen LogP contribution in [0.15, 0.2) is 33.3 Å². The van der Waals surface area contributed by atoms with Crippen molar-refractivity contribution >= 4 is 34.1 Å². The molecular formula is C18H21N5O2S2. The summed E-state index contributed by atoms with van der Waals surface area (Å²) in [6, 6.07) is 4.21. The fourth-order valence-corrected chi connectivity index (χ4v) is 5.10. The lowest BCUT2D eigenvalue weighted by Gasteiger charge is -2.25. The molecule has 0 radical (unpaired) electrons. The first-order chi connectivity index (χ1) is 13.2. The molecule has 27 heavy (non-hydrogen) atoms. The van der Waals surface area contributed by atoms with Crippen LogP contribution in [0.2, 0.25) is 0 Å². The first kappa shape index (κ1) is 18.2. The molecule has 0 spiro atoms. The van der Waals surface area contributed by atoms with E-state index in [1.807, 2.05) is 17.5 Å². The molecule has 1 saturated carbocycles. The summed E-state index contributed by atoms with van der Waals surface area (Å²) in [5.74, 6) is 2.12. The Hall–Kier alpha value is -2.13. The molecule has 1 fully saturated rings. The molecule has 1 aliphatic carbocycles. The van der Waals surface area contributed by atoms with Crippen LogP contribution in [0.5, 0.6) is 0 Å². The fourth-order valence-electron chi connectivity index (χ4n) is 3.34. The minimum absolute atomic E-state index is 0.108. The number of hydrogen-bond donors (Lipinski definition) is 1. The van der Waals surface area contributed by atoms with Crippen LogP contribution in [-0.4, -0.2) is 25.7 Å². The average molecular weight is 404 g/mol. The van der Waals surface area contributed by atoms with Crippen molar-refractivity contribution in [2.45, 2.75) is 56.0 Å². The predicted molar refractivity (Wildman–Crippen MR) is 106 cm³/mol. The van der Waals surface area contributed by atoms with E-state index in [0.717, 1.165) is 35.3 Å². The first-order valence-corrected chi connectivity index (χ1v) is 10.9. The second kappa shape index (κ2) is 8.26. The average Bonchev–Trinajstić information content (AvgIpc) is 3.40. The topological polar surface area (TPSA) is 85.8 Å². The van der Waals surface area contributed by atoms with Crippen LogP contribution in [-0.2, 0) is 10.5 Å². The van der Waals surface area contributed by atoms with Crippen LogP contribution in [0.25, 0.3) is 11.6 Å². The van der Waals surface area contributed by atoms with Gasteiger partial charge in [-0.25, -0.2) is 4.98 Å². The van der Waals surface area contributed by atoms with Gasteiger partial charge in [0.05, 0.1) is 12.0 Å². The lowest BCUT2D eigenvalue weighted by atomic mass is 9.95. The zero-order valence-electron chi connectivity index (χ0n) is 15.1. The minimum atomic E-state index is -0.108. The highest BCUT2D eigenvalue weighted by molar-refractivity contribution is 7.98. The number of thioether (sulfide) groups is 1. The highest BCUT2D eigenvalue weighted by Crippen LogP contribution is 2.36. The summed E-state index contributed by atoms with van der Waals surface area (Å²) in [5, 5.41) is 15.1. The molecule has 1 aliphatic rings. The summed E-state index contributed by atoms with van der Waals surface area (Å²) in [6.45, 7) is 1.48. The number of aromatic nitrogens is 4. The molecule has 1 N–H and O–H groups in total. The molecule has 3 heterocycles. The third-order valence-corrected chi connectivity index (χ3v) is 6.31. The molecule has 0 aromatic carbocycles. The molecule has 0 saturated heterocycles. The molecule has 3 aromatic heterocycles. The van der Waals surface area contributed by atoms with Crippen LogP contribution < -0.4 is 5.32 Å². The summed E-state index contributed by atoms with van der Waals surface area (Å²) in [6.07, 6.45) is 7.71. The van der Waals surface area contributed by atoms with Gasteiger partial charge in [-0.2, -0.15) is 0 Å². The third-order valence-electron chi connectivity index (χ3n) is 4.53. The molecule has 142 valence electrons. The van der Waals surface area contributed by atoms with E-state index in [0.29, 0.717) is 16.9 Å². The number of nitrogens with one attached hydrogen (secondary N) is 1. The summed E-state index contributed by atoms with van der Waals surface area (Å²) in [7, 11) is 0. The number of carbonyl (C=O) groups is 1. The molecule has 7 nitrogen and oxygen atoms in total. The third kappa shape index (κ3) is 4.24. The van der Waals surface area contributed by atoms with Crippen molar-refractivity contribution in [3.63, 3.8) is 0 Å². The standard InChI is InChI=1S/C18H21N5O2S2/c1-12(24)19-17-20-13(10-26-17)11-27-18-22-21-16(15-8-5-9-25-15)23(18)14-6-3-2-4-7-14/h5,8-10,14H,2-4,6-7,11H2,1H3,(H,19,20,24). The Balaban J connectivity index is 1.55. The number of amides is 1. The van der Waals surface area contributed by atoms with Crippen molar-refractivity contribution in [3.05, 3.63) is 29.5 Å². The quantitative estimate of drug-likeness (QED) is 0.598. The summed E-state index contributed by atoms with van der Waals surface area (Å²) >= 11 is 3.06. The van der Waals surface area contributed by atoms with Crippen molar-refractivity contribution in [1.29, 1.82) is 0 Å². The Morgan fingerprint density at radius 1 is 1.37 bits per heavy atom. The molecule has 0 unspecified atom stereocenters. The van der Waals surface area contributed by atoms with Gasteiger partial charge < -0.3 is 9.73 Å². The second-order valence-corrected chi connectivity index (χ2v) is 8.36. The highest BCUT2D eigenvalue weighted by Gasteiger charge is 2.25. The van der Waals surface area contributed by atoms with Gasteiger partial charge in [-0.15, -0.1) is 21.5 Å². The van der Waals surface area contributed by atoms with Gasteiger partial charge in [0.15, 0.2) is 16.0 Å². The maximum atomic E-state index is 11.2. The Morgan fingerprint density at radius 2 is 2.22 bits per heavy atom. The van der Waals surface area contributed by atoms with Crippen LogP contribution in [0.3, 0.4) is 0 Å². The zero-order chi connectivity index (χ0) is 18.6. The Kier molecular flexibility index (Phi) is 5.58. The minimum Gasteiger partial charge on any atom is -0.461 e. The lowest BCUT2D eigenvalue weighted by molar-refractivity contribution is -0.114. The molecular weight excluding hydrogens is 382 g/mol. The van der Waals surface area contributed by atoms with E-state index in [-0.39, 0.29) is 5.91 Å². The first-order valence-electron chi connectivity index (χ1n) is 9.04. The molecule has 0 atom stereocenters. The smallest absolute Gasteiger partial charge is 0.223 e. The summed E-state index contributed by atoms with van der Waals surface area (Å²) < 4.78 is 7.82. The van der Waals surface area contributed by atoms with E-state index in [1.165, 1.54) is 37.5 Å². The Labute approximate surface area is 165 Å². The van der Waals surface area contributed by atoms with Crippen LogP contribution in [0.1, 0.15) is 50.8 Å². The van der Waals surface area contributed by atoms with Gasteiger partial charge >= 0.3 is 0 Å². The monoisotopic (exact) mass is 403 g/mol. The van der Waals surface area contributed by atoms with Crippen LogP contribution >= 0.6 is 23.1 Å². The van der Waals surface area contributed by atoms with Gasteiger partial charge in [0.25, 0.3) is 0 Å². The molecule has 4 rings (SSSR count). The van der Waals surface area contributed by atoms with Gasteiger partial charge in [0.2, 0.25) is 11.7 Å². The van der Waals surface area contributed by atoms with E-state index < -0.39 is 0 Å². The molecule has 3 aromatic rings. The van der Waals surface area contributed by atoms with Gasteiger partial charge in [-0.05, 0) is 25.0 Å². The predicted octanol–water partition coefficient (Wildman–Crippen LogP) is 4.75.